The Kier molecular flexibility index (Phi) is 4.86. The van der Waals surface area contributed by atoms with Crippen LogP contribution in [0.15, 0.2) is 18.2 Å². The van der Waals surface area contributed by atoms with E-state index in [0.717, 1.165) is 12.1 Å². The summed E-state index contributed by atoms with van der Waals surface area (Å²) in [6.45, 7) is 0. The molecule has 3 N–H and O–H groups in total. The largest absolute Gasteiger partial charge is 0.502 e. The van der Waals surface area contributed by atoms with Gasteiger partial charge in [-0.15, -0.1) is 0 Å². The summed E-state index contributed by atoms with van der Waals surface area (Å²) in [4.78, 5) is 9.74. The number of rotatable bonds is 5. The van der Waals surface area contributed by atoms with Crippen molar-refractivity contribution in [3.63, 3.8) is 0 Å². The first-order valence-corrected chi connectivity index (χ1v) is 5.99. The van der Waals surface area contributed by atoms with Gasteiger partial charge in [-0.05, 0) is 24.1 Å². The summed E-state index contributed by atoms with van der Waals surface area (Å²) in [6, 6.07) is 3.48. The molecule has 6 nitrogen and oxygen atoms in total. The number of aliphatic hydroxyl groups excluding tert-OH is 2. The minimum atomic E-state index is -1.18. The molecule has 0 heterocycles. The Hall–Kier alpha value is -1.18. The molecule has 7 heteroatoms. The van der Waals surface area contributed by atoms with Crippen molar-refractivity contribution in [1.82, 2.24) is 0 Å². The van der Waals surface area contributed by atoms with E-state index in [4.69, 9.17) is 0 Å². The van der Waals surface area contributed by atoms with Crippen LogP contribution in [-0.4, -0.2) is 31.7 Å². The highest BCUT2D eigenvalue weighted by atomic mass is 79.9. The summed E-state index contributed by atoms with van der Waals surface area (Å²) in [6.07, 6.45) is -1.84. The summed E-state index contributed by atoms with van der Waals surface area (Å²) in [5, 5.41) is 39.6. The molecule has 0 spiro atoms. The second-order valence-electron chi connectivity index (χ2n) is 3.50. The smallest absolute Gasteiger partial charge is 0.310 e. The predicted molar refractivity (Wildman–Crippen MR) is 64.1 cm³/mol. The fourth-order valence-electron chi connectivity index (χ4n) is 1.37. The number of nitrogens with zero attached hydrogens (tertiary/aromatic N) is 1. The quantitative estimate of drug-likeness (QED) is 0.434. The van der Waals surface area contributed by atoms with Crippen molar-refractivity contribution in [1.29, 1.82) is 0 Å². The zero-order valence-electron chi connectivity index (χ0n) is 8.78. The molecule has 0 aliphatic heterocycles. The molecule has 0 radical (unpaired) electrons. The molecule has 0 saturated carbocycles. The predicted octanol–water partition coefficient (Wildman–Crippen LogP) is 1.48. The summed E-state index contributed by atoms with van der Waals surface area (Å²) in [5.41, 5.74) is -0.197. The van der Waals surface area contributed by atoms with Crippen LogP contribution >= 0.6 is 15.9 Å². The molecule has 0 aromatic heterocycles. The fourth-order valence-corrected chi connectivity index (χ4v) is 1.84. The van der Waals surface area contributed by atoms with Gasteiger partial charge in [0.1, 0.15) is 6.10 Å². The van der Waals surface area contributed by atoms with Crippen molar-refractivity contribution in [3.8, 4) is 5.75 Å². The van der Waals surface area contributed by atoms with E-state index >= 15 is 0 Å². The number of halogens is 1. The Labute approximate surface area is 106 Å². The summed E-state index contributed by atoms with van der Waals surface area (Å²) in [5.74, 6) is -0.530. The number of aliphatic hydroxyl groups is 2. The van der Waals surface area contributed by atoms with Gasteiger partial charge < -0.3 is 15.3 Å². The molecule has 1 aromatic carbocycles. The highest BCUT2D eigenvalue weighted by Crippen LogP contribution is 2.30. The van der Waals surface area contributed by atoms with Crippen LogP contribution in [0.2, 0.25) is 0 Å². The second kappa shape index (κ2) is 5.95. The monoisotopic (exact) mass is 305 g/mol. The zero-order chi connectivity index (χ0) is 13.0. The number of hydrogen-bond donors (Lipinski definition) is 3. The van der Waals surface area contributed by atoms with E-state index in [1.807, 2.05) is 0 Å². The van der Waals surface area contributed by atoms with Crippen LogP contribution in [-0.2, 0) is 0 Å². The van der Waals surface area contributed by atoms with Crippen molar-refractivity contribution < 1.29 is 20.2 Å². The van der Waals surface area contributed by atoms with E-state index in [1.54, 1.807) is 0 Å². The number of nitro groups is 1. The Bertz CT molecular complexity index is 412. The first-order valence-electron chi connectivity index (χ1n) is 4.86. The van der Waals surface area contributed by atoms with Gasteiger partial charge in [-0.1, -0.05) is 15.9 Å². The maximum absolute atomic E-state index is 10.5. The Morgan fingerprint density at radius 2 is 2.06 bits per heavy atom. The number of nitro benzene ring substituents is 1. The van der Waals surface area contributed by atoms with Gasteiger partial charge in [-0.25, -0.2) is 0 Å². The summed E-state index contributed by atoms with van der Waals surface area (Å²) < 4.78 is 0. The van der Waals surface area contributed by atoms with E-state index < -0.39 is 28.6 Å². The number of phenolic OH excluding ortho intramolecular Hbond substituents is 1. The van der Waals surface area contributed by atoms with Crippen LogP contribution < -0.4 is 0 Å². The number of hydrogen-bond acceptors (Lipinski definition) is 5. The van der Waals surface area contributed by atoms with Gasteiger partial charge in [-0.3, -0.25) is 10.1 Å². The molecule has 2 atom stereocenters. The average Bonchev–Trinajstić information content (AvgIpc) is 2.27. The standard InChI is InChI=1S/C10H12BrNO5/c11-4-3-8(13)10(15)6-1-2-7(12(16)17)9(14)5-6/h1-2,5,8,10,13-15H,3-4H2. The second-order valence-corrected chi connectivity index (χ2v) is 4.29. The third-order valence-corrected chi connectivity index (χ3v) is 2.76. The minimum Gasteiger partial charge on any atom is -0.502 e. The van der Waals surface area contributed by atoms with E-state index in [2.05, 4.69) is 15.9 Å². The van der Waals surface area contributed by atoms with E-state index in [0.29, 0.717) is 11.8 Å². The molecule has 17 heavy (non-hydrogen) atoms. The van der Waals surface area contributed by atoms with Crippen molar-refractivity contribution >= 4 is 21.6 Å². The lowest BCUT2D eigenvalue weighted by Gasteiger charge is -2.17. The average molecular weight is 306 g/mol. The molecule has 94 valence electrons. The lowest BCUT2D eigenvalue weighted by molar-refractivity contribution is -0.385. The van der Waals surface area contributed by atoms with Gasteiger partial charge in [0.2, 0.25) is 0 Å². The molecule has 1 aromatic rings. The Morgan fingerprint density at radius 1 is 1.41 bits per heavy atom. The SMILES string of the molecule is O=[N+]([O-])c1ccc(C(O)C(O)CCBr)cc1O. The van der Waals surface area contributed by atoms with Crippen LogP contribution in [0, 0.1) is 10.1 Å². The lowest BCUT2D eigenvalue weighted by atomic mass is 10.0. The molecule has 0 saturated heterocycles. The third-order valence-electron chi connectivity index (χ3n) is 2.31. The Morgan fingerprint density at radius 3 is 2.53 bits per heavy atom. The summed E-state index contributed by atoms with van der Waals surface area (Å²) >= 11 is 3.13. The van der Waals surface area contributed by atoms with Gasteiger partial charge in [0, 0.05) is 11.4 Å². The van der Waals surface area contributed by atoms with Crippen molar-refractivity contribution in [2.24, 2.45) is 0 Å². The van der Waals surface area contributed by atoms with E-state index in [-0.39, 0.29) is 5.56 Å². The van der Waals surface area contributed by atoms with E-state index in [9.17, 15) is 25.4 Å². The van der Waals surface area contributed by atoms with Gasteiger partial charge in [0.05, 0.1) is 11.0 Å². The minimum absolute atomic E-state index is 0.238. The number of benzene rings is 1. The lowest BCUT2D eigenvalue weighted by Crippen LogP contribution is -2.18. The highest BCUT2D eigenvalue weighted by molar-refractivity contribution is 9.09. The molecular weight excluding hydrogens is 294 g/mol. The van der Waals surface area contributed by atoms with Crippen molar-refractivity contribution in [3.05, 3.63) is 33.9 Å². The van der Waals surface area contributed by atoms with Crippen molar-refractivity contribution in [2.75, 3.05) is 5.33 Å². The molecule has 0 aliphatic rings. The summed E-state index contributed by atoms with van der Waals surface area (Å²) in [7, 11) is 0. The molecule has 1 rings (SSSR count). The highest BCUT2D eigenvalue weighted by Gasteiger charge is 2.21. The number of alkyl halides is 1. The van der Waals surface area contributed by atoms with Crippen LogP contribution in [0.3, 0.4) is 0 Å². The third kappa shape index (κ3) is 3.39. The first-order chi connectivity index (χ1) is 7.97. The van der Waals surface area contributed by atoms with Crippen LogP contribution in [0.4, 0.5) is 5.69 Å². The first kappa shape index (κ1) is 13.9. The molecule has 0 aliphatic carbocycles. The fraction of sp³-hybridized carbons (Fsp3) is 0.400. The number of phenols is 1. The molecule has 0 amide bonds. The molecular formula is C10H12BrNO5. The topological polar surface area (TPSA) is 104 Å². The maximum atomic E-state index is 10.5. The number of aromatic hydroxyl groups is 1. The molecule has 0 fully saturated rings. The van der Waals surface area contributed by atoms with Gasteiger partial charge in [-0.2, -0.15) is 0 Å². The van der Waals surface area contributed by atoms with Crippen molar-refractivity contribution in [2.45, 2.75) is 18.6 Å². The van der Waals surface area contributed by atoms with Gasteiger partial charge >= 0.3 is 5.69 Å². The molecule has 2 unspecified atom stereocenters. The van der Waals surface area contributed by atoms with Crippen LogP contribution in [0.1, 0.15) is 18.1 Å². The van der Waals surface area contributed by atoms with Gasteiger partial charge in [0.15, 0.2) is 5.75 Å². The van der Waals surface area contributed by atoms with Crippen LogP contribution in [0.25, 0.3) is 0 Å². The normalized spacial score (nSPS) is 14.3. The van der Waals surface area contributed by atoms with E-state index in [1.165, 1.54) is 6.07 Å². The maximum Gasteiger partial charge on any atom is 0.310 e. The molecule has 0 bridgehead atoms. The Balaban J connectivity index is 2.93. The van der Waals surface area contributed by atoms with Crippen LogP contribution in [0.5, 0.6) is 5.75 Å². The van der Waals surface area contributed by atoms with Gasteiger partial charge in [0.25, 0.3) is 0 Å². The zero-order valence-corrected chi connectivity index (χ0v) is 10.4.